The fourth-order valence-electron chi connectivity index (χ4n) is 1.73. The molecule has 1 aliphatic rings. The number of carbonyl (C=O) groups is 1. The van der Waals surface area contributed by atoms with Gasteiger partial charge in [0.2, 0.25) is 0 Å². The van der Waals surface area contributed by atoms with Gasteiger partial charge in [-0.1, -0.05) is 0 Å². The fourth-order valence-corrected chi connectivity index (χ4v) is 1.73. The van der Waals surface area contributed by atoms with Crippen LogP contribution in [0.2, 0.25) is 0 Å². The van der Waals surface area contributed by atoms with Crippen molar-refractivity contribution in [3.05, 3.63) is 0 Å². The second kappa shape index (κ2) is 5.35. The number of alkyl halides is 3. The van der Waals surface area contributed by atoms with Crippen molar-refractivity contribution in [3.63, 3.8) is 0 Å². The van der Waals surface area contributed by atoms with Gasteiger partial charge < -0.3 is 15.5 Å². The lowest BCUT2D eigenvalue weighted by Gasteiger charge is -2.33. The molecule has 1 fully saturated rings. The van der Waals surface area contributed by atoms with Gasteiger partial charge in [-0.15, -0.1) is 0 Å². The third-order valence-corrected chi connectivity index (χ3v) is 2.54. The second-order valence-electron chi connectivity index (χ2n) is 3.54. The van der Waals surface area contributed by atoms with Crippen LogP contribution in [0.25, 0.3) is 0 Å². The van der Waals surface area contributed by atoms with Gasteiger partial charge >= 0.3 is 6.09 Å². The number of aliphatic hydroxyl groups excluding tert-OH is 1. The smallest absolute Gasteiger partial charge is 0.408 e. The number of aliphatic hydroxyl groups is 1. The summed E-state index contributed by atoms with van der Waals surface area (Å²) in [6, 6.07) is -3.07. The molecule has 0 spiro atoms. The Labute approximate surface area is 89.8 Å². The molecule has 0 bridgehead atoms. The summed E-state index contributed by atoms with van der Waals surface area (Å²) >= 11 is 0. The number of hydrogen-bond acceptors (Lipinski definition) is 3. The maximum Gasteiger partial charge on any atom is 0.408 e. The van der Waals surface area contributed by atoms with E-state index < -0.39 is 37.4 Å². The molecule has 3 N–H and O–H groups in total. The quantitative estimate of drug-likeness (QED) is 0.644. The lowest BCUT2D eigenvalue weighted by Crippen LogP contribution is -2.55. The molecular weight excluding hydrogens is 229 g/mol. The van der Waals surface area contributed by atoms with Crippen molar-refractivity contribution in [3.8, 4) is 0 Å². The Kier molecular flexibility index (Phi) is 4.36. The molecule has 0 aromatic carbocycles. The van der Waals surface area contributed by atoms with E-state index in [1.165, 1.54) is 0 Å². The summed E-state index contributed by atoms with van der Waals surface area (Å²) in [5.74, 6) is 0. The molecule has 0 aliphatic carbocycles. The van der Waals surface area contributed by atoms with E-state index in [1.54, 1.807) is 0 Å². The number of β-amino-alcohol motifs (C(OH)–C–C–N with tert-alkyl or cyclic N) is 1. The number of carboxylic acid groups (broad SMARTS) is 1. The van der Waals surface area contributed by atoms with Crippen molar-refractivity contribution in [2.45, 2.75) is 24.6 Å². The molecule has 1 saturated heterocycles. The number of rotatable bonds is 4. The van der Waals surface area contributed by atoms with Crippen LogP contribution in [0.5, 0.6) is 0 Å². The summed E-state index contributed by atoms with van der Waals surface area (Å²) in [5.41, 5.74) is 0. The number of hydrogen-bond donors (Lipinski definition) is 3. The molecule has 1 amide bonds. The standard InChI is InChI=1S/C8H13F3N2O3/c9-1-4(7(10)11)13(8(15)16)5-2-12-3-6(5)14/h4-7,12,14H,1-3H2,(H,15,16)/t4-,5+,6-/m0/s1. The van der Waals surface area contributed by atoms with E-state index in [0.29, 0.717) is 4.90 Å². The highest BCUT2D eigenvalue weighted by Crippen LogP contribution is 2.18. The molecule has 3 atom stereocenters. The first-order chi connectivity index (χ1) is 7.49. The largest absolute Gasteiger partial charge is 0.465 e. The van der Waals surface area contributed by atoms with E-state index in [-0.39, 0.29) is 13.1 Å². The summed E-state index contributed by atoms with van der Waals surface area (Å²) in [7, 11) is 0. The van der Waals surface area contributed by atoms with Gasteiger partial charge in [-0.25, -0.2) is 18.0 Å². The van der Waals surface area contributed by atoms with Gasteiger partial charge in [-0.05, 0) is 0 Å². The van der Waals surface area contributed by atoms with E-state index >= 15 is 0 Å². The van der Waals surface area contributed by atoms with Crippen molar-refractivity contribution >= 4 is 6.09 Å². The first-order valence-electron chi connectivity index (χ1n) is 4.73. The summed E-state index contributed by atoms with van der Waals surface area (Å²) < 4.78 is 37.3. The Morgan fingerprint density at radius 1 is 1.50 bits per heavy atom. The highest BCUT2D eigenvalue weighted by molar-refractivity contribution is 5.66. The Hall–Kier alpha value is -1.02. The van der Waals surface area contributed by atoms with Gasteiger partial charge in [0.05, 0.1) is 12.1 Å². The monoisotopic (exact) mass is 242 g/mol. The highest BCUT2D eigenvalue weighted by Gasteiger charge is 2.41. The average molecular weight is 242 g/mol. The molecule has 16 heavy (non-hydrogen) atoms. The van der Waals surface area contributed by atoms with E-state index in [0.717, 1.165) is 0 Å². The van der Waals surface area contributed by atoms with E-state index in [9.17, 15) is 23.1 Å². The third-order valence-electron chi connectivity index (χ3n) is 2.54. The Morgan fingerprint density at radius 3 is 2.44 bits per heavy atom. The van der Waals surface area contributed by atoms with Gasteiger partial charge in [-0.2, -0.15) is 0 Å². The van der Waals surface area contributed by atoms with Gasteiger partial charge in [0.25, 0.3) is 6.43 Å². The molecule has 0 aromatic heterocycles. The Balaban J connectivity index is 2.84. The summed E-state index contributed by atoms with van der Waals surface area (Å²) in [6.45, 7) is -1.33. The van der Waals surface area contributed by atoms with Crippen LogP contribution < -0.4 is 5.32 Å². The van der Waals surface area contributed by atoms with Crippen LogP contribution in [0, 0.1) is 0 Å². The van der Waals surface area contributed by atoms with Crippen LogP contribution in [0.3, 0.4) is 0 Å². The van der Waals surface area contributed by atoms with E-state index in [1.807, 2.05) is 0 Å². The van der Waals surface area contributed by atoms with Gasteiger partial charge in [0.15, 0.2) is 0 Å². The maximum atomic E-state index is 12.4. The van der Waals surface area contributed by atoms with Crippen molar-refractivity contribution in [2.24, 2.45) is 0 Å². The molecule has 0 aromatic rings. The van der Waals surface area contributed by atoms with E-state index in [2.05, 4.69) is 5.32 Å². The molecule has 5 nitrogen and oxygen atoms in total. The number of nitrogens with one attached hydrogen (secondary N) is 1. The molecule has 8 heteroatoms. The lowest BCUT2D eigenvalue weighted by atomic mass is 10.1. The first kappa shape index (κ1) is 13.0. The predicted octanol–water partition coefficient (Wildman–Crippen LogP) is -0.0977. The molecule has 1 rings (SSSR count). The minimum atomic E-state index is -3.12. The van der Waals surface area contributed by atoms with E-state index in [4.69, 9.17) is 5.11 Å². The topological polar surface area (TPSA) is 72.8 Å². The van der Waals surface area contributed by atoms with Crippen LogP contribution in [0.1, 0.15) is 0 Å². The molecule has 1 heterocycles. The van der Waals surface area contributed by atoms with Crippen LogP contribution in [-0.2, 0) is 0 Å². The SMILES string of the molecule is O=C(O)N([C@@H]1CNC[C@@H]1O)[C@@H](CF)C(F)F. The molecule has 1 aliphatic heterocycles. The van der Waals surface area contributed by atoms with Crippen LogP contribution in [-0.4, -0.2) is 65.6 Å². The Bertz CT molecular complexity index is 253. The van der Waals surface area contributed by atoms with Gasteiger partial charge in [0, 0.05) is 13.1 Å². The zero-order valence-corrected chi connectivity index (χ0v) is 8.31. The van der Waals surface area contributed by atoms with Crippen LogP contribution in [0.4, 0.5) is 18.0 Å². The van der Waals surface area contributed by atoms with Crippen LogP contribution >= 0.6 is 0 Å². The van der Waals surface area contributed by atoms with Gasteiger partial charge in [-0.3, -0.25) is 4.90 Å². The Morgan fingerprint density at radius 2 is 2.12 bits per heavy atom. The minimum absolute atomic E-state index is 0.0384. The average Bonchev–Trinajstić information content (AvgIpc) is 2.59. The first-order valence-corrected chi connectivity index (χ1v) is 4.73. The summed E-state index contributed by atoms with van der Waals surface area (Å²) in [6.07, 6.45) is -5.87. The fraction of sp³-hybridized carbons (Fsp3) is 0.875. The number of nitrogens with zero attached hydrogens (tertiary/aromatic N) is 1. The zero-order valence-electron chi connectivity index (χ0n) is 8.31. The molecule has 0 radical (unpaired) electrons. The maximum absolute atomic E-state index is 12.4. The normalized spacial score (nSPS) is 27.1. The highest BCUT2D eigenvalue weighted by atomic mass is 19.3. The van der Waals surface area contributed by atoms with Crippen molar-refractivity contribution in [1.29, 1.82) is 0 Å². The minimum Gasteiger partial charge on any atom is -0.465 e. The zero-order chi connectivity index (χ0) is 12.3. The van der Waals surface area contributed by atoms with Crippen molar-refractivity contribution < 1.29 is 28.2 Å². The van der Waals surface area contributed by atoms with Crippen molar-refractivity contribution in [2.75, 3.05) is 19.8 Å². The molecular formula is C8H13F3N2O3. The molecule has 0 unspecified atom stereocenters. The summed E-state index contributed by atoms with van der Waals surface area (Å²) in [4.78, 5) is 11.1. The van der Waals surface area contributed by atoms with Gasteiger partial charge in [0.1, 0.15) is 12.7 Å². The summed E-state index contributed by atoms with van der Waals surface area (Å²) in [5, 5.41) is 20.8. The number of halogens is 3. The second-order valence-corrected chi connectivity index (χ2v) is 3.54. The molecule has 94 valence electrons. The van der Waals surface area contributed by atoms with Crippen molar-refractivity contribution in [1.82, 2.24) is 10.2 Å². The number of amides is 1. The predicted molar refractivity (Wildman–Crippen MR) is 48.3 cm³/mol. The third kappa shape index (κ3) is 2.56. The molecule has 0 saturated carbocycles. The van der Waals surface area contributed by atoms with Crippen LogP contribution in [0.15, 0.2) is 0 Å². The lowest BCUT2D eigenvalue weighted by molar-refractivity contribution is -0.0189.